The van der Waals surface area contributed by atoms with Crippen molar-refractivity contribution in [3.8, 4) is 0 Å². The van der Waals surface area contributed by atoms with Crippen LogP contribution in [0.3, 0.4) is 0 Å². The molecule has 17 heavy (non-hydrogen) atoms. The van der Waals surface area contributed by atoms with Gasteiger partial charge in [-0.2, -0.15) is 10.6 Å². The van der Waals surface area contributed by atoms with E-state index in [4.69, 9.17) is 0 Å². The molecule has 0 radical (unpaired) electrons. The fraction of sp³-hybridized carbons (Fsp3) is 0.250. The van der Waals surface area contributed by atoms with Crippen LogP contribution in [0.2, 0.25) is 0 Å². The maximum atomic E-state index is 2.26. The number of hydrogen-bond acceptors (Lipinski definition) is 0. The summed E-state index contributed by atoms with van der Waals surface area (Å²) in [4.78, 5) is 0. The third-order valence-electron chi connectivity index (χ3n) is 2.95. The summed E-state index contributed by atoms with van der Waals surface area (Å²) in [6.45, 7) is 8.67. The van der Waals surface area contributed by atoms with Crippen LogP contribution in [-0.4, -0.2) is 0 Å². The summed E-state index contributed by atoms with van der Waals surface area (Å²) >= 11 is 0. The topological polar surface area (TPSA) is 0 Å². The van der Waals surface area contributed by atoms with Crippen LogP contribution in [0, 0.1) is 27.7 Å². The molecule has 0 bridgehead atoms. The van der Waals surface area contributed by atoms with Crippen molar-refractivity contribution in [3.05, 3.63) is 58.7 Å². The Morgan fingerprint density at radius 2 is 1.06 bits per heavy atom. The van der Waals surface area contributed by atoms with Gasteiger partial charge in [-0.05, 0) is 27.7 Å². The van der Waals surface area contributed by atoms with Crippen molar-refractivity contribution in [2.75, 3.05) is 0 Å². The Morgan fingerprint density at radius 3 is 1.41 bits per heavy atom. The van der Waals surface area contributed by atoms with Crippen LogP contribution in [0.1, 0.15) is 22.3 Å². The SMILES string of the molecule is Cc1ccc([P-]c2ccc(C)cc2C)c(C)c1. The zero-order valence-corrected chi connectivity index (χ0v) is 11.8. The van der Waals surface area contributed by atoms with E-state index in [1.165, 1.54) is 41.4 Å². The quantitative estimate of drug-likeness (QED) is 0.701. The molecule has 0 aliphatic carbocycles. The van der Waals surface area contributed by atoms with E-state index in [-0.39, 0.29) is 0 Å². The maximum Gasteiger partial charge on any atom is -0.0398 e. The van der Waals surface area contributed by atoms with E-state index < -0.39 is 0 Å². The lowest BCUT2D eigenvalue weighted by Crippen LogP contribution is -2.09. The van der Waals surface area contributed by atoms with Crippen LogP contribution in [0.15, 0.2) is 36.4 Å². The van der Waals surface area contributed by atoms with Crippen molar-refractivity contribution in [3.63, 3.8) is 0 Å². The first-order valence-electron chi connectivity index (χ1n) is 5.92. The highest BCUT2D eigenvalue weighted by atomic mass is 31.1. The van der Waals surface area contributed by atoms with Gasteiger partial charge in [-0.3, -0.25) is 0 Å². The first-order valence-corrected chi connectivity index (χ1v) is 6.82. The van der Waals surface area contributed by atoms with Gasteiger partial charge in [0.25, 0.3) is 0 Å². The summed E-state index contributed by atoms with van der Waals surface area (Å²) in [5, 5.41) is 2.81. The second-order valence-corrected chi connectivity index (χ2v) is 5.88. The fourth-order valence-corrected chi connectivity index (χ4v) is 3.03. The van der Waals surface area contributed by atoms with Gasteiger partial charge in [0, 0.05) is 0 Å². The molecule has 0 atom stereocenters. The highest BCUT2D eigenvalue weighted by Gasteiger charge is 1.92. The molecule has 2 aromatic rings. The number of hydrogen-bond donors (Lipinski definition) is 0. The molecule has 0 nitrogen and oxygen atoms in total. The lowest BCUT2D eigenvalue weighted by Gasteiger charge is -2.25. The van der Waals surface area contributed by atoms with Gasteiger partial charge >= 0.3 is 0 Å². The lowest BCUT2D eigenvalue weighted by atomic mass is 10.2. The van der Waals surface area contributed by atoms with Crippen LogP contribution in [0.4, 0.5) is 0 Å². The van der Waals surface area contributed by atoms with E-state index in [9.17, 15) is 0 Å². The van der Waals surface area contributed by atoms with Crippen LogP contribution in [-0.2, 0) is 0 Å². The average molecular weight is 241 g/mol. The standard InChI is InChI=1S/C16H18P/c1-11-5-7-15(13(3)9-11)17-16-8-6-12(2)10-14(16)4/h5-10H,1-4H3/q-1. The molecule has 0 saturated carbocycles. The Morgan fingerprint density at radius 1 is 0.647 bits per heavy atom. The Bertz CT molecular complexity index is 492. The molecule has 0 heterocycles. The minimum absolute atomic E-state index is 1.31. The minimum atomic E-state index is 1.31. The van der Waals surface area contributed by atoms with Gasteiger partial charge in [-0.1, -0.05) is 58.7 Å². The predicted octanol–water partition coefficient (Wildman–Crippen LogP) is 3.82. The summed E-state index contributed by atoms with van der Waals surface area (Å²) in [7, 11) is 1.31. The molecule has 0 fully saturated rings. The van der Waals surface area contributed by atoms with Crippen molar-refractivity contribution >= 4 is 19.2 Å². The van der Waals surface area contributed by atoms with E-state index >= 15 is 0 Å². The predicted molar refractivity (Wildman–Crippen MR) is 78.0 cm³/mol. The highest BCUT2D eigenvalue weighted by molar-refractivity contribution is 7.55. The van der Waals surface area contributed by atoms with Gasteiger partial charge in [-0.25, -0.2) is 0 Å². The number of aryl methyl sites for hydroxylation is 4. The van der Waals surface area contributed by atoms with E-state index in [1.54, 1.807) is 0 Å². The Kier molecular flexibility index (Phi) is 3.64. The molecule has 0 N–H and O–H groups in total. The van der Waals surface area contributed by atoms with Gasteiger partial charge in [0.05, 0.1) is 0 Å². The zero-order chi connectivity index (χ0) is 12.4. The molecule has 0 aliphatic rings. The van der Waals surface area contributed by atoms with Crippen molar-refractivity contribution in [1.29, 1.82) is 0 Å². The first-order chi connectivity index (χ1) is 8.06. The second-order valence-electron chi connectivity index (χ2n) is 4.69. The van der Waals surface area contributed by atoms with E-state index in [0.29, 0.717) is 0 Å². The van der Waals surface area contributed by atoms with Gasteiger partial charge < -0.3 is 8.58 Å². The van der Waals surface area contributed by atoms with Crippen molar-refractivity contribution in [2.24, 2.45) is 0 Å². The van der Waals surface area contributed by atoms with E-state index in [2.05, 4.69) is 64.1 Å². The van der Waals surface area contributed by atoms with Crippen molar-refractivity contribution in [1.82, 2.24) is 0 Å². The molecule has 0 spiro atoms. The zero-order valence-electron chi connectivity index (χ0n) is 10.9. The lowest BCUT2D eigenvalue weighted by molar-refractivity contribution is 1.41. The molecular formula is C16H18P-. The van der Waals surface area contributed by atoms with E-state index in [0.717, 1.165) is 0 Å². The molecule has 0 aliphatic heterocycles. The minimum Gasteiger partial charge on any atom is -0.472 e. The summed E-state index contributed by atoms with van der Waals surface area (Å²) in [6, 6.07) is 13.4. The molecule has 0 aromatic heterocycles. The van der Waals surface area contributed by atoms with Gasteiger partial charge in [0.1, 0.15) is 0 Å². The maximum absolute atomic E-state index is 2.26. The van der Waals surface area contributed by atoms with Gasteiger partial charge in [0.15, 0.2) is 0 Å². The highest BCUT2D eigenvalue weighted by Crippen LogP contribution is 2.17. The molecule has 88 valence electrons. The average Bonchev–Trinajstić information content (AvgIpc) is 2.25. The van der Waals surface area contributed by atoms with Crippen LogP contribution >= 0.6 is 8.58 Å². The van der Waals surface area contributed by atoms with Gasteiger partial charge in [0.2, 0.25) is 0 Å². The normalized spacial score (nSPS) is 10.6. The number of rotatable bonds is 2. The largest absolute Gasteiger partial charge is 0.472 e. The smallest absolute Gasteiger partial charge is 0.0398 e. The molecule has 0 unspecified atom stereocenters. The van der Waals surface area contributed by atoms with E-state index in [1.807, 2.05) is 0 Å². The second kappa shape index (κ2) is 5.02. The van der Waals surface area contributed by atoms with Crippen LogP contribution in [0.5, 0.6) is 0 Å². The van der Waals surface area contributed by atoms with Crippen LogP contribution in [0.25, 0.3) is 0 Å². The summed E-state index contributed by atoms with van der Waals surface area (Å²) < 4.78 is 0. The third-order valence-corrected chi connectivity index (χ3v) is 4.43. The van der Waals surface area contributed by atoms with Gasteiger partial charge in [-0.15, -0.1) is 0 Å². The Balaban J connectivity index is 2.31. The number of benzene rings is 2. The Labute approximate surface area is 106 Å². The molecule has 0 saturated heterocycles. The summed E-state index contributed by atoms with van der Waals surface area (Å²) in [5.74, 6) is 0. The Hall–Kier alpha value is -1.13. The van der Waals surface area contributed by atoms with Crippen molar-refractivity contribution in [2.45, 2.75) is 27.7 Å². The third kappa shape index (κ3) is 2.96. The molecule has 2 aromatic carbocycles. The van der Waals surface area contributed by atoms with Crippen molar-refractivity contribution < 1.29 is 0 Å². The first kappa shape index (κ1) is 12.3. The molecular weight excluding hydrogens is 223 g/mol. The summed E-state index contributed by atoms with van der Waals surface area (Å²) in [6.07, 6.45) is 0. The summed E-state index contributed by atoms with van der Waals surface area (Å²) in [5.41, 5.74) is 5.43. The monoisotopic (exact) mass is 241 g/mol. The molecule has 0 amide bonds. The van der Waals surface area contributed by atoms with Crippen LogP contribution < -0.4 is 10.6 Å². The molecule has 2 rings (SSSR count). The molecule has 1 heteroatoms. The fourth-order valence-electron chi connectivity index (χ4n) is 1.99.